The molecule has 1 aromatic heterocycles. The highest BCUT2D eigenvalue weighted by atomic mass is 16.5. The van der Waals surface area contributed by atoms with Gasteiger partial charge in [0.25, 0.3) is 5.91 Å². The first kappa shape index (κ1) is 22.4. The highest BCUT2D eigenvalue weighted by Gasteiger charge is 2.17. The standard InChI is InChI=1S/C23H28N6O4/c1-31-20-14-16(13-19(24)21(20)32-2)22(30)29-15-25-23(27-29)26-17-5-7-18(8-6-17)33-12-11-28-9-3-4-10-28/h5-8,13-15H,3-4,9-12,24H2,1-2H3,(H,26,27). The minimum absolute atomic E-state index is 0.291. The molecule has 1 saturated heterocycles. The molecule has 3 N–H and O–H groups in total. The van der Waals surface area contributed by atoms with Crippen molar-refractivity contribution in [2.24, 2.45) is 0 Å². The molecule has 0 bridgehead atoms. The molecular formula is C23H28N6O4. The lowest BCUT2D eigenvalue weighted by Crippen LogP contribution is -2.25. The first-order valence-electron chi connectivity index (χ1n) is 10.8. The number of benzene rings is 2. The summed E-state index contributed by atoms with van der Waals surface area (Å²) in [5, 5.41) is 7.30. The van der Waals surface area contributed by atoms with Gasteiger partial charge in [-0.05, 0) is 62.3 Å². The van der Waals surface area contributed by atoms with E-state index in [0.717, 1.165) is 35.8 Å². The Hall–Kier alpha value is -3.79. The number of rotatable bonds is 9. The second-order valence-corrected chi connectivity index (χ2v) is 7.67. The number of carbonyl (C=O) groups excluding carboxylic acids is 1. The van der Waals surface area contributed by atoms with Crippen molar-refractivity contribution in [3.05, 3.63) is 48.3 Å². The summed E-state index contributed by atoms with van der Waals surface area (Å²) in [6.07, 6.45) is 3.89. The number of methoxy groups -OCH3 is 2. The third-order valence-electron chi connectivity index (χ3n) is 5.44. The lowest BCUT2D eigenvalue weighted by Gasteiger charge is -2.15. The molecule has 1 aliphatic heterocycles. The number of nitrogens with two attached hydrogens (primary N) is 1. The number of likely N-dealkylation sites (tertiary alicyclic amines) is 1. The second kappa shape index (κ2) is 10.2. The molecule has 10 heteroatoms. The fourth-order valence-electron chi connectivity index (χ4n) is 3.73. The van der Waals surface area contributed by atoms with E-state index in [-0.39, 0.29) is 0 Å². The number of nitrogens with zero attached hydrogens (tertiary/aromatic N) is 4. The van der Waals surface area contributed by atoms with Crippen molar-refractivity contribution in [2.45, 2.75) is 12.8 Å². The van der Waals surface area contributed by atoms with E-state index >= 15 is 0 Å². The Balaban J connectivity index is 1.36. The van der Waals surface area contributed by atoms with Crippen molar-refractivity contribution in [3.63, 3.8) is 0 Å². The Morgan fingerprint density at radius 1 is 1.12 bits per heavy atom. The van der Waals surface area contributed by atoms with Crippen LogP contribution in [0.2, 0.25) is 0 Å². The maximum absolute atomic E-state index is 12.8. The molecule has 2 heterocycles. The molecule has 1 fully saturated rings. The molecule has 3 aromatic rings. The van der Waals surface area contributed by atoms with E-state index in [0.29, 0.717) is 35.3 Å². The van der Waals surface area contributed by atoms with Gasteiger partial charge < -0.3 is 25.3 Å². The maximum Gasteiger partial charge on any atom is 0.279 e. The number of anilines is 3. The topological polar surface area (TPSA) is 117 Å². The predicted molar refractivity (Wildman–Crippen MR) is 125 cm³/mol. The van der Waals surface area contributed by atoms with Crippen LogP contribution in [0.25, 0.3) is 0 Å². The zero-order valence-corrected chi connectivity index (χ0v) is 18.8. The highest BCUT2D eigenvalue weighted by Crippen LogP contribution is 2.34. The summed E-state index contributed by atoms with van der Waals surface area (Å²) in [5.74, 6) is 1.43. The van der Waals surface area contributed by atoms with E-state index in [2.05, 4.69) is 20.3 Å². The normalized spacial score (nSPS) is 13.6. The fraction of sp³-hybridized carbons (Fsp3) is 0.348. The number of nitrogen functional groups attached to an aromatic ring is 1. The van der Waals surface area contributed by atoms with Crippen molar-refractivity contribution in [1.29, 1.82) is 0 Å². The third-order valence-corrected chi connectivity index (χ3v) is 5.44. The van der Waals surface area contributed by atoms with Crippen LogP contribution >= 0.6 is 0 Å². The zero-order chi connectivity index (χ0) is 23.2. The molecule has 4 rings (SSSR count). The van der Waals surface area contributed by atoms with Crippen LogP contribution in [0, 0.1) is 0 Å². The Bertz CT molecular complexity index is 1090. The van der Waals surface area contributed by atoms with Gasteiger partial charge in [-0.3, -0.25) is 9.69 Å². The van der Waals surface area contributed by atoms with Crippen LogP contribution in [-0.2, 0) is 0 Å². The van der Waals surface area contributed by atoms with Crippen molar-refractivity contribution in [3.8, 4) is 17.2 Å². The Morgan fingerprint density at radius 2 is 1.88 bits per heavy atom. The number of hydrogen-bond acceptors (Lipinski definition) is 9. The number of hydrogen-bond donors (Lipinski definition) is 2. The van der Waals surface area contributed by atoms with Gasteiger partial charge in [0.15, 0.2) is 11.5 Å². The van der Waals surface area contributed by atoms with Crippen LogP contribution in [0.3, 0.4) is 0 Å². The summed E-state index contributed by atoms with van der Waals surface area (Å²) in [5.41, 5.74) is 7.35. The highest BCUT2D eigenvalue weighted by molar-refractivity contribution is 5.97. The molecular weight excluding hydrogens is 424 g/mol. The van der Waals surface area contributed by atoms with Gasteiger partial charge in [-0.1, -0.05) is 0 Å². The minimum atomic E-state index is -0.398. The first-order chi connectivity index (χ1) is 16.1. The van der Waals surface area contributed by atoms with E-state index in [9.17, 15) is 4.79 Å². The number of ether oxygens (including phenoxy) is 3. The first-order valence-corrected chi connectivity index (χ1v) is 10.8. The predicted octanol–water partition coefficient (Wildman–Crippen LogP) is 2.78. The largest absolute Gasteiger partial charge is 0.493 e. The van der Waals surface area contributed by atoms with Crippen molar-refractivity contribution < 1.29 is 19.0 Å². The molecule has 0 atom stereocenters. The Kier molecular flexibility index (Phi) is 6.94. The van der Waals surface area contributed by atoms with E-state index in [4.69, 9.17) is 19.9 Å². The van der Waals surface area contributed by atoms with Gasteiger partial charge in [0.2, 0.25) is 5.95 Å². The zero-order valence-electron chi connectivity index (χ0n) is 18.8. The van der Waals surface area contributed by atoms with Crippen molar-refractivity contribution in [1.82, 2.24) is 19.7 Å². The average molecular weight is 453 g/mol. The molecule has 0 amide bonds. The quantitative estimate of drug-likeness (QED) is 0.473. The van der Waals surface area contributed by atoms with Gasteiger partial charge in [-0.25, -0.2) is 0 Å². The average Bonchev–Trinajstić information content (AvgIpc) is 3.51. The molecule has 174 valence electrons. The second-order valence-electron chi connectivity index (χ2n) is 7.67. The molecule has 10 nitrogen and oxygen atoms in total. The Morgan fingerprint density at radius 3 is 2.58 bits per heavy atom. The van der Waals surface area contributed by atoms with Gasteiger partial charge in [-0.2, -0.15) is 9.67 Å². The van der Waals surface area contributed by atoms with E-state index in [1.807, 2.05) is 24.3 Å². The fourth-order valence-corrected chi connectivity index (χ4v) is 3.73. The molecule has 1 aliphatic rings. The molecule has 0 saturated carbocycles. The summed E-state index contributed by atoms with van der Waals surface area (Å²) < 4.78 is 17.4. The van der Waals surface area contributed by atoms with Crippen LogP contribution in [0.4, 0.5) is 17.3 Å². The molecule has 0 aliphatic carbocycles. The van der Waals surface area contributed by atoms with E-state index < -0.39 is 5.91 Å². The summed E-state index contributed by atoms with van der Waals surface area (Å²) in [6, 6.07) is 10.6. The summed E-state index contributed by atoms with van der Waals surface area (Å²) in [6.45, 7) is 3.93. The Labute approximate surface area is 192 Å². The van der Waals surface area contributed by atoms with Gasteiger partial charge >= 0.3 is 0 Å². The number of aromatic nitrogens is 3. The third kappa shape index (κ3) is 5.35. The molecule has 0 radical (unpaired) electrons. The smallest absolute Gasteiger partial charge is 0.279 e. The van der Waals surface area contributed by atoms with Crippen molar-refractivity contribution in [2.75, 3.05) is 51.5 Å². The summed E-state index contributed by atoms with van der Waals surface area (Å²) >= 11 is 0. The van der Waals surface area contributed by atoms with Crippen LogP contribution in [0.15, 0.2) is 42.7 Å². The van der Waals surface area contributed by atoms with E-state index in [1.54, 1.807) is 6.07 Å². The van der Waals surface area contributed by atoms with Crippen LogP contribution in [0.1, 0.15) is 23.2 Å². The lowest BCUT2D eigenvalue weighted by molar-refractivity contribution is 0.0944. The molecule has 2 aromatic carbocycles. The number of carbonyl (C=O) groups is 1. The van der Waals surface area contributed by atoms with E-state index in [1.165, 1.54) is 39.5 Å². The SMILES string of the molecule is COc1cc(C(=O)n2cnc(Nc3ccc(OCCN4CCCC4)cc3)n2)cc(N)c1OC. The maximum atomic E-state index is 12.8. The van der Waals surface area contributed by atoms with Crippen LogP contribution in [0.5, 0.6) is 17.2 Å². The van der Waals surface area contributed by atoms with Crippen LogP contribution in [-0.4, -0.2) is 66.0 Å². The molecule has 0 unspecified atom stereocenters. The van der Waals surface area contributed by atoms with Gasteiger partial charge in [0, 0.05) is 17.8 Å². The molecule has 33 heavy (non-hydrogen) atoms. The summed E-state index contributed by atoms with van der Waals surface area (Å²) in [7, 11) is 2.96. The van der Waals surface area contributed by atoms with Gasteiger partial charge in [0.05, 0.1) is 19.9 Å². The van der Waals surface area contributed by atoms with Crippen LogP contribution < -0.4 is 25.3 Å². The monoisotopic (exact) mass is 452 g/mol. The lowest BCUT2D eigenvalue weighted by atomic mass is 10.1. The summed E-state index contributed by atoms with van der Waals surface area (Å²) in [4.78, 5) is 19.4. The van der Waals surface area contributed by atoms with Crippen molar-refractivity contribution >= 4 is 23.2 Å². The van der Waals surface area contributed by atoms with Gasteiger partial charge in [-0.15, -0.1) is 5.10 Å². The number of nitrogens with one attached hydrogen (secondary N) is 1. The van der Waals surface area contributed by atoms with Gasteiger partial charge in [0.1, 0.15) is 18.7 Å². The minimum Gasteiger partial charge on any atom is -0.493 e. The molecule has 0 spiro atoms.